The average Bonchev–Trinajstić information content (AvgIpc) is 3.34. The predicted octanol–water partition coefficient (Wildman–Crippen LogP) is 2.16. The van der Waals surface area contributed by atoms with Gasteiger partial charge in [-0.1, -0.05) is 0 Å². The Hall–Kier alpha value is -2.74. The van der Waals surface area contributed by atoms with E-state index in [0.29, 0.717) is 12.6 Å². The lowest BCUT2D eigenvalue weighted by atomic mass is 9.86. The molecule has 1 atom stereocenters. The number of aromatic nitrogens is 5. The second kappa shape index (κ2) is 5.39. The molecule has 0 aromatic carbocycles. The van der Waals surface area contributed by atoms with Gasteiger partial charge in [0.2, 0.25) is 5.95 Å². The molecule has 1 aliphatic carbocycles. The van der Waals surface area contributed by atoms with Crippen LogP contribution in [0.25, 0.3) is 22.3 Å². The lowest BCUT2D eigenvalue weighted by Gasteiger charge is -2.28. The van der Waals surface area contributed by atoms with Crippen LogP contribution in [0.1, 0.15) is 31.7 Å². The molecule has 4 aliphatic rings. The molecule has 1 saturated carbocycles. The van der Waals surface area contributed by atoms with Crippen LogP contribution in [-0.4, -0.2) is 43.7 Å². The third-order valence-electron chi connectivity index (χ3n) is 6.13. The highest BCUT2D eigenvalue weighted by atomic mass is 16.5. The van der Waals surface area contributed by atoms with Gasteiger partial charge in [0.15, 0.2) is 5.82 Å². The average molecular weight is 363 g/mol. The summed E-state index contributed by atoms with van der Waals surface area (Å²) in [4.78, 5) is 20.7. The summed E-state index contributed by atoms with van der Waals surface area (Å²) < 4.78 is 8.10. The predicted molar refractivity (Wildman–Crippen MR) is 101 cm³/mol. The van der Waals surface area contributed by atoms with E-state index >= 15 is 0 Å². The van der Waals surface area contributed by atoms with Gasteiger partial charge in [0.1, 0.15) is 17.4 Å². The van der Waals surface area contributed by atoms with Gasteiger partial charge in [-0.2, -0.15) is 0 Å². The highest BCUT2D eigenvalue weighted by Crippen LogP contribution is 2.45. The summed E-state index contributed by atoms with van der Waals surface area (Å²) >= 11 is 0. The minimum Gasteiger partial charge on any atom is -0.369 e. The van der Waals surface area contributed by atoms with Crippen LogP contribution in [-0.2, 0) is 11.3 Å². The molecule has 27 heavy (non-hydrogen) atoms. The summed E-state index contributed by atoms with van der Waals surface area (Å²) in [5.41, 5.74) is 9.44. The van der Waals surface area contributed by atoms with Crippen LogP contribution in [0.5, 0.6) is 0 Å². The van der Waals surface area contributed by atoms with Gasteiger partial charge >= 0.3 is 0 Å². The minimum absolute atomic E-state index is 0.00504. The summed E-state index contributed by atoms with van der Waals surface area (Å²) in [6.07, 6.45) is 6.00. The summed E-state index contributed by atoms with van der Waals surface area (Å²) in [5, 5.41) is 0. The molecular weight excluding hydrogens is 342 g/mol. The molecule has 6 heterocycles. The number of ether oxygens (including phenoxy) is 1. The molecule has 8 heteroatoms. The van der Waals surface area contributed by atoms with Gasteiger partial charge in [0.05, 0.1) is 17.8 Å². The summed E-state index contributed by atoms with van der Waals surface area (Å²) in [5.74, 6) is 3.10. The van der Waals surface area contributed by atoms with Gasteiger partial charge in [-0.05, 0) is 31.7 Å². The van der Waals surface area contributed by atoms with E-state index in [4.69, 9.17) is 20.4 Å². The Kier molecular flexibility index (Phi) is 3.06. The zero-order chi connectivity index (χ0) is 18.1. The van der Waals surface area contributed by atoms with E-state index in [0.717, 1.165) is 52.9 Å². The molecule has 138 valence electrons. The number of pyridine rings is 1. The molecule has 7 rings (SSSR count). The highest BCUT2D eigenvalue weighted by molar-refractivity contribution is 5.91. The first-order valence-corrected chi connectivity index (χ1v) is 9.54. The molecule has 3 fully saturated rings. The molecule has 3 aromatic rings. The Bertz CT molecular complexity index is 1040. The lowest BCUT2D eigenvalue weighted by molar-refractivity contribution is 0.0306. The van der Waals surface area contributed by atoms with Crippen LogP contribution in [0.15, 0.2) is 18.5 Å². The quantitative estimate of drug-likeness (QED) is 0.745. The van der Waals surface area contributed by atoms with Crippen molar-refractivity contribution in [2.24, 2.45) is 5.92 Å². The van der Waals surface area contributed by atoms with E-state index < -0.39 is 0 Å². The van der Waals surface area contributed by atoms with Crippen molar-refractivity contribution < 1.29 is 4.74 Å². The van der Waals surface area contributed by atoms with Crippen molar-refractivity contribution in [3.05, 3.63) is 24.3 Å². The van der Waals surface area contributed by atoms with Gasteiger partial charge in [0.25, 0.3) is 0 Å². The van der Waals surface area contributed by atoms with Crippen molar-refractivity contribution in [1.29, 1.82) is 0 Å². The maximum absolute atomic E-state index is 5.81. The number of fused-ring (bicyclic) bond motifs is 4. The van der Waals surface area contributed by atoms with E-state index in [1.54, 1.807) is 12.4 Å². The van der Waals surface area contributed by atoms with Crippen LogP contribution in [0.3, 0.4) is 0 Å². The third kappa shape index (κ3) is 2.19. The number of hydrogen-bond acceptors (Lipinski definition) is 7. The number of nitrogens with two attached hydrogens (primary N) is 1. The van der Waals surface area contributed by atoms with Crippen molar-refractivity contribution in [3.8, 4) is 11.3 Å². The summed E-state index contributed by atoms with van der Waals surface area (Å²) in [6.45, 7) is 4.67. The number of hydrogen-bond donors (Lipinski definition) is 1. The molecule has 0 spiro atoms. The van der Waals surface area contributed by atoms with Gasteiger partial charge in [-0.25, -0.2) is 19.9 Å². The summed E-state index contributed by atoms with van der Waals surface area (Å²) in [7, 11) is 0. The van der Waals surface area contributed by atoms with Gasteiger partial charge in [-0.3, -0.25) is 0 Å². The molecular formula is C19H21N7O. The molecule has 2 bridgehead atoms. The van der Waals surface area contributed by atoms with Crippen LogP contribution in [0.2, 0.25) is 0 Å². The van der Waals surface area contributed by atoms with Crippen molar-refractivity contribution in [2.75, 3.05) is 23.8 Å². The standard InChI is InChI=1S/C19H21N7O/c1-10-17-24-15-6-14(12-7-21-19(20)22-8-12)23-18(16(15)25(17)2-3-27-10)26-9-11-4-13(26)5-11/h6-8,10-11,13H,2-5,9H2,1H3,(H2,20,21,22)/t10-,11?,13?/m0/s1. The molecule has 2 saturated heterocycles. The molecule has 3 aliphatic heterocycles. The smallest absolute Gasteiger partial charge is 0.219 e. The SMILES string of the molecule is C[C@@H]1OCCn2c1nc1cc(-c3cnc(N)nc3)nc(N3CC4CC3C4)c12. The van der Waals surface area contributed by atoms with Crippen molar-refractivity contribution in [1.82, 2.24) is 24.5 Å². The fraction of sp³-hybridized carbons (Fsp3) is 0.474. The van der Waals surface area contributed by atoms with Gasteiger partial charge in [-0.15, -0.1) is 0 Å². The van der Waals surface area contributed by atoms with E-state index in [2.05, 4.69) is 26.4 Å². The lowest BCUT2D eigenvalue weighted by Crippen LogP contribution is -2.30. The third-order valence-corrected chi connectivity index (χ3v) is 6.13. The molecule has 0 amide bonds. The van der Waals surface area contributed by atoms with E-state index in [1.807, 2.05) is 6.07 Å². The monoisotopic (exact) mass is 363 g/mol. The highest BCUT2D eigenvalue weighted by Gasteiger charge is 2.44. The fourth-order valence-electron chi connectivity index (χ4n) is 4.70. The first-order valence-electron chi connectivity index (χ1n) is 9.54. The van der Waals surface area contributed by atoms with E-state index in [1.165, 1.54) is 12.8 Å². The van der Waals surface area contributed by atoms with Gasteiger partial charge < -0.3 is 19.9 Å². The molecule has 2 N–H and O–H groups in total. The number of nitrogen functional groups attached to an aromatic ring is 1. The van der Waals surface area contributed by atoms with Crippen molar-refractivity contribution >= 4 is 22.8 Å². The Morgan fingerprint density at radius 3 is 2.74 bits per heavy atom. The maximum Gasteiger partial charge on any atom is 0.219 e. The van der Waals surface area contributed by atoms with Gasteiger partial charge in [0, 0.05) is 37.1 Å². The Morgan fingerprint density at radius 2 is 2.00 bits per heavy atom. The topological polar surface area (TPSA) is 95.0 Å². The van der Waals surface area contributed by atoms with Crippen LogP contribution in [0, 0.1) is 5.92 Å². The zero-order valence-electron chi connectivity index (χ0n) is 15.2. The van der Waals surface area contributed by atoms with Crippen LogP contribution >= 0.6 is 0 Å². The Labute approximate surface area is 156 Å². The maximum atomic E-state index is 5.81. The molecule has 0 radical (unpaired) electrons. The minimum atomic E-state index is -0.00504. The number of rotatable bonds is 2. The van der Waals surface area contributed by atoms with Crippen molar-refractivity contribution in [3.63, 3.8) is 0 Å². The number of nitrogens with zero attached hydrogens (tertiary/aromatic N) is 6. The second-order valence-corrected chi connectivity index (χ2v) is 7.81. The first-order chi connectivity index (χ1) is 13.2. The van der Waals surface area contributed by atoms with E-state index in [9.17, 15) is 0 Å². The Morgan fingerprint density at radius 1 is 1.19 bits per heavy atom. The molecule has 8 nitrogen and oxygen atoms in total. The molecule has 3 aromatic heterocycles. The first kappa shape index (κ1) is 15.3. The van der Waals surface area contributed by atoms with Crippen LogP contribution < -0.4 is 10.6 Å². The molecule has 0 unspecified atom stereocenters. The van der Waals surface area contributed by atoms with Crippen LogP contribution in [0.4, 0.5) is 11.8 Å². The largest absolute Gasteiger partial charge is 0.369 e. The fourth-order valence-corrected chi connectivity index (χ4v) is 4.70. The van der Waals surface area contributed by atoms with E-state index in [-0.39, 0.29) is 12.1 Å². The zero-order valence-corrected chi connectivity index (χ0v) is 15.2. The van der Waals surface area contributed by atoms with Crippen molar-refractivity contribution in [2.45, 2.75) is 38.5 Å². The Balaban J connectivity index is 1.59. The number of anilines is 2. The normalized spacial score (nSPS) is 26.3. The summed E-state index contributed by atoms with van der Waals surface area (Å²) in [6, 6.07) is 2.64. The second-order valence-electron chi connectivity index (χ2n) is 7.81. The number of imidazole rings is 1.